The number of carbonyl (C=O) groups is 2. The van der Waals surface area contributed by atoms with E-state index in [2.05, 4.69) is 10.3 Å². The monoisotopic (exact) mass is 206 g/mol. The van der Waals surface area contributed by atoms with E-state index >= 15 is 0 Å². The van der Waals surface area contributed by atoms with Gasteiger partial charge in [-0.05, 0) is 19.4 Å². The lowest BCUT2D eigenvalue weighted by Crippen LogP contribution is -2.13. The summed E-state index contributed by atoms with van der Waals surface area (Å²) in [6, 6.07) is 1.63. The molecule has 0 bridgehead atoms. The zero-order chi connectivity index (χ0) is 11.3. The van der Waals surface area contributed by atoms with Crippen LogP contribution in [-0.4, -0.2) is 16.7 Å². The van der Waals surface area contributed by atoms with Crippen LogP contribution in [0.4, 0.5) is 5.69 Å². The van der Waals surface area contributed by atoms with Crippen molar-refractivity contribution in [2.75, 3.05) is 5.32 Å². The lowest BCUT2D eigenvalue weighted by molar-refractivity contribution is -0.116. The normalized spacial score (nSPS) is 9.73. The number of hydrogen-bond donors (Lipinski definition) is 1. The molecule has 4 nitrogen and oxygen atoms in total. The fourth-order valence-corrected chi connectivity index (χ4v) is 1.22. The van der Waals surface area contributed by atoms with Crippen molar-refractivity contribution >= 4 is 17.4 Å². The molecular weight excluding hydrogens is 192 g/mol. The fourth-order valence-electron chi connectivity index (χ4n) is 1.22. The summed E-state index contributed by atoms with van der Waals surface area (Å²) in [4.78, 5) is 26.4. The molecule has 0 aromatic carbocycles. The van der Waals surface area contributed by atoms with Crippen LogP contribution in [0.5, 0.6) is 0 Å². The average Bonchev–Trinajstić information content (AvgIpc) is 2.18. The van der Waals surface area contributed by atoms with Gasteiger partial charge in [0.1, 0.15) is 0 Å². The summed E-state index contributed by atoms with van der Waals surface area (Å²) in [6.07, 6.45) is 4.25. The Morgan fingerprint density at radius 2 is 2.20 bits per heavy atom. The quantitative estimate of drug-likeness (QED) is 0.767. The summed E-state index contributed by atoms with van der Waals surface area (Å²) in [7, 11) is 0. The van der Waals surface area contributed by atoms with Crippen molar-refractivity contribution in [1.29, 1.82) is 0 Å². The zero-order valence-corrected chi connectivity index (χ0v) is 8.91. The number of carbonyl (C=O) groups excluding carboxylic acids is 2. The van der Waals surface area contributed by atoms with Gasteiger partial charge in [0, 0.05) is 18.8 Å². The van der Waals surface area contributed by atoms with E-state index in [1.54, 1.807) is 12.3 Å². The van der Waals surface area contributed by atoms with E-state index in [0.717, 1.165) is 6.42 Å². The highest BCUT2D eigenvalue weighted by atomic mass is 16.1. The van der Waals surface area contributed by atoms with Gasteiger partial charge in [0.15, 0.2) is 5.78 Å². The number of nitrogens with one attached hydrogen (secondary N) is 1. The number of rotatable bonds is 4. The molecule has 1 amide bonds. The van der Waals surface area contributed by atoms with Crippen molar-refractivity contribution in [2.45, 2.75) is 26.7 Å². The molecule has 4 heteroatoms. The zero-order valence-electron chi connectivity index (χ0n) is 8.91. The highest BCUT2D eigenvalue weighted by Gasteiger charge is 2.09. The van der Waals surface area contributed by atoms with Gasteiger partial charge in [0.05, 0.1) is 11.3 Å². The van der Waals surface area contributed by atoms with Gasteiger partial charge in [-0.15, -0.1) is 0 Å². The van der Waals surface area contributed by atoms with E-state index in [0.29, 0.717) is 17.7 Å². The maximum atomic E-state index is 11.3. The SMILES string of the molecule is CCCC(=O)Nc1ccncc1C(C)=O. The van der Waals surface area contributed by atoms with Gasteiger partial charge < -0.3 is 5.32 Å². The van der Waals surface area contributed by atoms with Crippen molar-refractivity contribution < 1.29 is 9.59 Å². The standard InChI is InChI=1S/C11H14N2O2/c1-3-4-11(15)13-10-5-6-12-7-9(10)8(2)14/h5-7H,3-4H2,1-2H3,(H,12,13,15). The first-order valence-corrected chi connectivity index (χ1v) is 4.90. The molecule has 1 heterocycles. The molecule has 0 saturated heterocycles. The second kappa shape index (κ2) is 5.24. The van der Waals surface area contributed by atoms with Gasteiger partial charge in [0.25, 0.3) is 0 Å². The molecular formula is C11H14N2O2. The van der Waals surface area contributed by atoms with Gasteiger partial charge in [-0.25, -0.2) is 0 Å². The molecule has 0 aliphatic carbocycles. The topological polar surface area (TPSA) is 59.1 Å². The van der Waals surface area contributed by atoms with Crippen LogP contribution in [0, 0.1) is 0 Å². The first kappa shape index (κ1) is 11.4. The molecule has 0 saturated carbocycles. The van der Waals surface area contributed by atoms with Gasteiger partial charge in [-0.2, -0.15) is 0 Å². The van der Waals surface area contributed by atoms with Crippen molar-refractivity contribution in [2.24, 2.45) is 0 Å². The molecule has 1 rings (SSSR count). The van der Waals surface area contributed by atoms with Crippen molar-refractivity contribution in [3.8, 4) is 0 Å². The summed E-state index contributed by atoms with van der Waals surface area (Å²) >= 11 is 0. The number of amides is 1. The Hall–Kier alpha value is -1.71. The molecule has 0 fully saturated rings. The van der Waals surface area contributed by atoms with E-state index in [1.165, 1.54) is 13.1 Å². The van der Waals surface area contributed by atoms with Gasteiger partial charge in [0.2, 0.25) is 5.91 Å². The Labute approximate surface area is 88.7 Å². The van der Waals surface area contributed by atoms with E-state index in [-0.39, 0.29) is 11.7 Å². The number of anilines is 1. The molecule has 0 atom stereocenters. The predicted octanol–water partition coefficient (Wildman–Crippen LogP) is 2.02. The molecule has 80 valence electrons. The summed E-state index contributed by atoms with van der Waals surface area (Å²) in [5, 5.41) is 2.69. The third-order valence-corrected chi connectivity index (χ3v) is 1.95. The average molecular weight is 206 g/mol. The van der Waals surface area contributed by atoms with Crippen LogP contribution in [0.15, 0.2) is 18.5 Å². The number of aromatic nitrogens is 1. The summed E-state index contributed by atoms with van der Waals surface area (Å²) in [5.41, 5.74) is 0.984. The lowest BCUT2D eigenvalue weighted by Gasteiger charge is -2.07. The smallest absolute Gasteiger partial charge is 0.224 e. The van der Waals surface area contributed by atoms with Gasteiger partial charge in [-0.3, -0.25) is 14.6 Å². The largest absolute Gasteiger partial charge is 0.325 e. The molecule has 0 aliphatic rings. The van der Waals surface area contributed by atoms with Crippen LogP contribution in [0.2, 0.25) is 0 Å². The summed E-state index contributed by atoms with van der Waals surface area (Å²) < 4.78 is 0. The minimum Gasteiger partial charge on any atom is -0.325 e. The summed E-state index contributed by atoms with van der Waals surface area (Å²) in [6.45, 7) is 3.38. The van der Waals surface area contributed by atoms with Crippen molar-refractivity contribution in [3.05, 3.63) is 24.0 Å². The Morgan fingerprint density at radius 3 is 2.80 bits per heavy atom. The Bertz CT molecular complexity index is 375. The molecule has 15 heavy (non-hydrogen) atoms. The van der Waals surface area contributed by atoms with Crippen LogP contribution in [0.3, 0.4) is 0 Å². The van der Waals surface area contributed by atoms with Crippen molar-refractivity contribution in [1.82, 2.24) is 4.98 Å². The molecule has 0 aliphatic heterocycles. The van der Waals surface area contributed by atoms with Gasteiger partial charge >= 0.3 is 0 Å². The third-order valence-electron chi connectivity index (χ3n) is 1.95. The number of hydrogen-bond acceptors (Lipinski definition) is 3. The second-order valence-electron chi connectivity index (χ2n) is 3.28. The molecule has 1 aromatic heterocycles. The Kier molecular flexibility index (Phi) is 3.97. The number of Topliss-reactive ketones (excluding diaryl/α,β-unsaturated/α-hetero) is 1. The first-order chi connectivity index (χ1) is 7.15. The minimum absolute atomic E-state index is 0.0776. The molecule has 0 radical (unpaired) electrons. The molecule has 0 unspecified atom stereocenters. The van der Waals surface area contributed by atoms with Gasteiger partial charge in [-0.1, -0.05) is 6.92 Å². The first-order valence-electron chi connectivity index (χ1n) is 4.90. The van der Waals surface area contributed by atoms with E-state index in [1.807, 2.05) is 6.92 Å². The van der Waals surface area contributed by atoms with Crippen LogP contribution in [0.1, 0.15) is 37.0 Å². The minimum atomic E-state index is -0.102. The maximum absolute atomic E-state index is 11.3. The number of ketones is 1. The highest BCUT2D eigenvalue weighted by molar-refractivity contribution is 6.03. The number of pyridine rings is 1. The van der Waals surface area contributed by atoms with E-state index in [9.17, 15) is 9.59 Å². The molecule has 0 spiro atoms. The predicted molar refractivity (Wildman–Crippen MR) is 57.8 cm³/mol. The second-order valence-corrected chi connectivity index (χ2v) is 3.28. The van der Waals surface area contributed by atoms with Crippen LogP contribution < -0.4 is 5.32 Å². The van der Waals surface area contributed by atoms with Crippen LogP contribution in [0.25, 0.3) is 0 Å². The molecule has 1 N–H and O–H groups in total. The van der Waals surface area contributed by atoms with Crippen LogP contribution >= 0.6 is 0 Å². The van der Waals surface area contributed by atoms with E-state index < -0.39 is 0 Å². The van der Waals surface area contributed by atoms with Crippen molar-refractivity contribution in [3.63, 3.8) is 0 Å². The fraction of sp³-hybridized carbons (Fsp3) is 0.364. The molecule has 1 aromatic rings. The third kappa shape index (κ3) is 3.16. The number of nitrogens with zero attached hydrogens (tertiary/aromatic N) is 1. The Balaban J connectivity index is 2.84. The highest BCUT2D eigenvalue weighted by Crippen LogP contribution is 2.14. The van der Waals surface area contributed by atoms with Crippen LogP contribution in [-0.2, 0) is 4.79 Å². The Morgan fingerprint density at radius 1 is 1.47 bits per heavy atom. The lowest BCUT2D eigenvalue weighted by atomic mass is 10.1. The maximum Gasteiger partial charge on any atom is 0.224 e. The van der Waals surface area contributed by atoms with E-state index in [4.69, 9.17) is 0 Å². The summed E-state index contributed by atoms with van der Waals surface area (Å²) in [5.74, 6) is -0.180.